The minimum Gasteiger partial charge on any atom is -0.494 e. The van der Waals surface area contributed by atoms with Crippen molar-refractivity contribution in [3.8, 4) is 5.75 Å². The Morgan fingerprint density at radius 2 is 1.67 bits per heavy atom. The van der Waals surface area contributed by atoms with Gasteiger partial charge in [0.15, 0.2) is 0 Å². The predicted molar refractivity (Wildman–Crippen MR) is 89.8 cm³/mol. The summed E-state index contributed by atoms with van der Waals surface area (Å²) in [5.41, 5.74) is 2.05. The SMILES string of the molecule is CCCCCCOc1ccc(C=Nc2ccccc2)cc1. The first-order valence-electron chi connectivity index (χ1n) is 7.70. The fraction of sp³-hybridized carbons (Fsp3) is 0.316. The lowest BCUT2D eigenvalue weighted by Crippen LogP contribution is -1.97. The fourth-order valence-electron chi connectivity index (χ4n) is 2.03. The molecule has 0 fully saturated rings. The highest BCUT2D eigenvalue weighted by Crippen LogP contribution is 2.14. The van der Waals surface area contributed by atoms with Gasteiger partial charge >= 0.3 is 0 Å². The lowest BCUT2D eigenvalue weighted by Gasteiger charge is -2.05. The highest BCUT2D eigenvalue weighted by Gasteiger charge is 1.94. The quantitative estimate of drug-likeness (QED) is 0.469. The highest BCUT2D eigenvalue weighted by molar-refractivity contribution is 5.82. The van der Waals surface area contributed by atoms with E-state index >= 15 is 0 Å². The van der Waals surface area contributed by atoms with Crippen LogP contribution in [0.4, 0.5) is 5.69 Å². The third-order valence-electron chi connectivity index (χ3n) is 3.27. The molecule has 0 aliphatic rings. The summed E-state index contributed by atoms with van der Waals surface area (Å²) in [7, 11) is 0. The van der Waals surface area contributed by atoms with Crippen LogP contribution in [-0.2, 0) is 0 Å². The Balaban J connectivity index is 1.80. The summed E-state index contributed by atoms with van der Waals surface area (Å²) in [5.74, 6) is 0.934. The number of benzene rings is 2. The summed E-state index contributed by atoms with van der Waals surface area (Å²) in [4.78, 5) is 4.44. The van der Waals surface area contributed by atoms with Crippen molar-refractivity contribution >= 4 is 11.9 Å². The summed E-state index contributed by atoms with van der Waals surface area (Å²) < 4.78 is 5.73. The largest absolute Gasteiger partial charge is 0.494 e. The Kier molecular flexibility index (Phi) is 6.53. The molecule has 2 heteroatoms. The second-order valence-corrected chi connectivity index (χ2v) is 5.07. The van der Waals surface area contributed by atoms with Gasteiger partial charge in [0, 0.05) is 6.21 Å². The van der Waals surface area contributed by atoms with Crippen molar-refractivity contribution in [1.29, 1.82) is 0 Å². The van der Waals surface area contributed by atoms with Crippen LogP contribution in [0.25, 0.3) is 0 Å². The van der Waals surface area contributed by atoms with E-state index in [4.69, 9.17) is 4.74 Å². The topological polar surface area (TPSA) is 21.6 Å². The molecule has 0 amide bonds. The Morgan fingerprint density at radius 3 is 2.38 bits per heavy atom. The van der Waals surface area contributed by atoms with Gasteiger partial charge < -0.3 is 4.74 Å². The van der Waals surface area contributed by atoms with Crippen LogP contribution in [-0.4, -0.2) is 12.8 Å². The van der Waals surface area contributed by atoms with Gasteiger partial charge in [-0.05, 0) is 48.4 Å². The molecule has 0 saturated carbocycles. The Labute approximate surface area is 127 Å². The zero-order valence-corrected chi connectivity index (χ0v) is 12.7. The van der Waals surface area contributed by atoms with Crippen LogP contribution in [0.2, 0.25) is 0 Å². The number of hydrogen-bond acceptors (Lipinski definition) is 2. The van der Waals surface area contributed by atoms with Crippen LogP contribution < -0.4 is 4.74 Å². The number of unbranched alkanes of at least 4 members (excludes halogenated alkanes) is 3. The first-order chi connectivity index (χ1) is 10.4. The van der Waals surface area contributed by atoms with Crippen molar-refractivity contribution in [3.05, 3.63) is 60.2 Å². The second-order valence-electron chi connectivity index (χ2n) is 5.07. The maximum absolute atomic E-state index is 5.73. The van der Waals surface area contributed by atoms with Crippen LogP contribution >= 0.6 is 0 Å². The molecule has 0 radical (unpaired) electrons. The minimum absolute atomic E-state index is 0.803. The molecule has 2 rings (SSSR count). The molecule has 0 aliphatic heterocycles. The smallest absolute Gasteiger partial charge is 0.119 e. The molecule has 2 nitrogen and oxygen atoms in total. The van der Waals surface area contributed by atoms with E-state index in [0.29, 0.717) is 0 Å². The van der Waals surface area contributed by atoms with Gasteiger partial charge in [0.25, 0.3) is 0 Å². The van der Waals surface area contributed by atoms with Gasteiger partial charge in [-0.3, -0.25) is 4.99 Å². The Morgan fingerprint density at radius 1 is 0.905 bits per heavy atom. The molecule has 0 spiro atoms. The fourth-order valence-corrected chi connectivity index (χ4v) is 2.03. The van der Waals surface area contributed by atoms with Gasteiger partial charge in [0.1, 0.15) is 5.75 Å². The number of para-hydroxylation sites is 1. The van der Waals surface area contributed by atoms with E-state index in [0.717, 1.165) is 30.0 Å². The van der Waals surface area contributed by atoms with E-state index in [2.05, 4.69) is 11.9 Å². The maximum Gasteiger partial charge on any atom is 0.119 e. The highest BCUT2D eigenvalue weighted by atomic mass is 16.5. The first kappa shape index (κ1) is 15.3. The average molecular weight is 281 g/mol. The molecule has 110 valence electrons. The lowest BCUT2D eigenvalue weighted by atomic mass is 10.2. The monoisotopic (exact) mass is 281 g/mol. The number of nitrogens with zero attached hydrogens (tertiary/aromatic N) is 1. The van der Waals surface area contributed by atoms with Crippen molar-refractivity contribution < 1.29 is 4.74 Å². The van der Waals surface area contributed by atoms with Gasteiger partial charge in [-0.15, -0.1) is 0 Å². The van der Waals surface area contributed by atoms with E-state index in [1.54, 1.807) is 0 Å². The molecule has 2 aromatic rings. The second kappa shape index (κ2) is 8.96. The van der Waals surface area contributed by atoms with Crippen molar-refractivity contribution in [3.63, 3.8) is 0 Å². The number of hydrogen-bond donors (Lipinski definition) is 0. The van der Waals surface area contributed by atoms with E-state index in [1.807, 2.05) is 60.8 Å². The van der Waals surface area contributed by atoms with Crippen molar-refractivity contribution in [2.45, 2.75) is 32.6 Å². The summed E-state index contributed by atoms with van der Waals surface area (Å²) in [5, 5.41) is 0. The molecule has 21 heavy (non-hydrogen) atoms. The molecule has 0 heterocycles. The molecule has 0 bridgehead atoms. The maximum atomic E-state index is 5.73. The molecule has 0 atom stereocenters. The van der Waals surface area contributed by atoms with E-state index in [-0.39, 0.29) is 0 Å². The normalized spacial score (nSPS) is 10.9. The molecule has 0 unspecified atom stereocenters. The van der Waals surface area contributed by atoms with Gasteiger partial charge in [0.05, 0.1) is 12.3 Å². The van der Waals surface area contributed by atoms with Crippen molar-refractivity contribution in [2.75, 3.05) is 6.61 Å². The van der Waals surface area contributed by atoms with Crippen LogP contribution in [0.5, 0.6) is 5.75 Å². The molecule has 0 N–H and O–H groups in total. The molecule has 0 aliphatic carbocycles. The zero-order chi connectivity index (χ0) is 14.8. The Hall–Kier alpha value is -2.09. The van der Waals surface area contributed by atoms with E-state index < -0.39 is 0 Å². The van der Waals surface area contributed by atoms with Gasteiger partial charge in [-0.1, -0.05) is 44.4 Å². The average Bonchev–Trinajstić information content (AvgIpc) is 2.55. The summed E-state index contributed by atoms with van der Waals surface area (Å²) in [6.45, 7) is 3.02. The van der Waals surface area contributed by atoms with Crippen LogP contribution in [0.3, 0.4) is 0 Å². The van der Waals surface area contributed by atoms with Crippen LogP contribution in [0, 0.1) is 0 Å². The van der Waals surface area contributed by atoms with E-state index in [1.165, 1.54) is 19.3 Å². The Bertz CT molecular complexity index is 531. The van der Waals surface area contributed by atoms with Gasteiger partial charge in [-0.25, -0.2) is 0 Å². The minimum atomic E-state index is 0.803. The molecular weight excluding hydrogens is 258 g/mol. The van der Waals surface area contributed by atoms with Gasteiger partial charge in [0.2, 0.25) is 0 Å². The summed E-state index contributed by atoms with van der Waals surface area (Å²) >= 11 is 0. The summed E-state index contributed by atoms with van der Waals surface area (Å²) in [6, 6.07) is 18.0. The van der Waals surface area contributed by atoms with Crippen molar-refractivity contribution in [1.82, 2.24) is 0 Å². The third kappa shape index (κ3) is 5.82. The zero-order valence-electron chi connectivity index (χ0n) is 12.7. The molecular formula is C19H23NO. The molecule has 0 saturated heterocycles. The van der Waals surface area contributed by atoms with Gasteiger partial charge in [-0.2, -0.15) is 0 Å². The number of rotatable bonds is 8. The summed E-state index contributed by atoms with van der Waals surface area (Å²) in [6.07, 6.45) is 6.80. The van der Waals surface area contributed by atoms with E-state index in [9.17, 15) is 0 Å². The van der Waals surface area contributed by atoms with Crippen LogP contribution in [0.15, 0.2) is 59.6 Å². The third-order valence-corrected chi connectivity index (χ3v) is 3.27. The molecule has 2 aromatic carbocycles. The first-order valence-corrected chi connectivity index (χ1v) is 7.70. The molecule has 0 aromatic heterocycles. The standard InChI is InChI=1S/C19H23NO/c1-2-3-4-8-15-21-19-13-11-17(12-14-19)16-20-18-9-6-5-7-10-18/h5-7,9-14,16H,2-4,8,15H2,1H3. The lowest BCUT2D eigenvalue weighted by molar-refractivity contribution is 0.305. The van der Waals surface area contributed by atoms with Crippen molar-refractivity contribution in [2.24, 2.45) is 4.99 Å². The van der Waals surface area contributed by atoms with Crippen LogP contribution in [0.1, 0.15) is 38.2 Å². The predicted octanol–water partition coefficient (Wildman–Crippen LogP) is 5.40. The number of aliphatic imine (C=N–C) groups is 1. The number of ether oxygens (including phenoxy) is 1.